The van der Waals surface area contributed by atoms with Gasteiger partial charge in [0.05, 0.1) is 27.1 Å². The minimum atomic E-state index is -0.0364. The molecule has 0 aliphatic heterocycles. The molecule has 0 aliphatic carbocycles. The average molecular weight is 387 g/mol. The van der Waals surface area contributed by atoms with Gasteiger partial charge in [0.15, 0.2) is 4.96 Å². The van der Waals surface area contributed by atoms with E-state index in [2.05, 4.69) is 20.9 Å². The van der Waals surface area contributed by atoms with Crippen molar-refractivity contribution in [1.29, 1.82) is 0 Å². The van der Waals surface area contributed by atoms with Crippen LogP contribution in [0, 0.1) is 0 Å². The number of hydrogen-bond donors (Lipinski definition) is 0. The maximum absolute atomic E-state index is 12.7. The van der Waals surface area contributed by atoms with Gasteiger partial charge in [-0.25, -0.2) is 9.38 Å². The Labute approximate surface area is 143 Å². The highest BCUT2D eigenvalue weighted by Crippen LogP contribution is 2.25. The Morgan fingerprint density at radius 3 is 2.87 bits per heavy atom. The Morgan fingerprint density at radius 2 is 2.09 bits per heavy atom. The number of thiazole rings is 1. The van der Waals surface area contributed by atoms with Crippen LogP contribution in [0.25, 0.3) is 22.1 Å². The summed E-state index contributed by atoms with van der Waals surface area (Å²) in [6, 6.07) is 13.4. The van der Waals surface area contributed by atoms with Gasteiger partial charge in [-0.2, -0.15) is 0 Å². The molecule has 0 aliphatic rings. The molecule has 0 N–H and O–H groups in total. The van der Waals surface area contributed by atoms with Crippen molar-refractivity contribution in [3.05, 3.63) is 67.4 Å². The molecule has 23 heavy (non-hydrogen) atoms. The number of aromatic nitrogens is 2. The van der Waals surface area contributed by atoms with Crippen LogP contribution in [0.3, 0.4) is 0 Å². The highest BCUT2D eigenvalue weighted by Gasteiger charge is 2.10. The van der Waals surface area contributed by atoms with E-state index in [1.54, 1.807) is 11.5 Å². The highest BCUT2D eigenvalue weighted by molar-refractivity contribution is 9.10. The molecule has 0 bridgehead atoms. The molecule has 4 nitrogen and oxygen atoms in total. The van der Waals surface area contributed by atoms with E-state index in [0.29, 0.717) is 4.53 Å². The van der Waals surface area contributed by atoms with Crippen LogP contribution < -0.4 is 14.8 Å². The molecule has 114 valence electrons. The SMILES string of the molecule is COc1ccc(C=c2sc3nc4ccccc4n3c2=O)cc1Br. The second-order valence-electron chi connectivity index (χ2n) is 5.03. The van der Waals surface area contributed by atoms with Gasteiger partial charge in [0.1, 0.15) is 5.75 Å². The molecule has 4 rings (SSSR count). The van der Waals surface area contributed by atoms with Gasteiger partial charge in [0.25, 0.3) is 5.56 Å². The molecule has 2 aromatic heterocycles. The Morgan fingerprint density at radius 1 is 1.26 bits per heavy atom. The topological polar surface area (TPSA) is 43.6 Å². The summed E-state index contributed by atoms with van der Waals surface area (Å²) in [6.45, 7) is 0. The molecule has 0 atom stereocenters. The molecule has 0 spiro atoms. The van der Waals surface area contributed by atoms with E-state index in [1.807, 2.05) is 48.5 Å². The van der Waals surface area contributed by atoms with Crippen LogP contribution >= 0.6 is 27.3 Å². The van der Waals surface area contributed by atoms with Crippen LogP contribution in [-0.4, -0.2) is 16.5 Å². The van der Waals surface area contributed by atoms with Crippen molar-refractivity contribution in [1.82, 2.24) is 9.38 Å². The summed E-state index contributed by atoms with van der Waals surface area (Å²) in [6.07, 6.45) is 1.88. The standard InChI is InChI=1S/C17H11BrN2O2S/c1-22-14-7-6-10(8-11(14)18)9-15-16(21)20-13-5-3-2-4-12(13)19-17(20)23-15/h2-9H,1H3. The maximum atomic E-state index is 12.7. The van der Waals surface area contributed by atoms with Crippen molar-refractivity contribution in [3.63, 3.8) is 0 Å². The predicted molar refractivity (Wildman–Crippen MR) is 96.3 cm³/mol. The number of hydrogen-bond acceptors (Lipinski definition) is 4. The molecule has 0 radical (unpaired) electrons. The zero-order valence-corrected chi connectivity index (χ0v) is 14.5. The Kier molecular flexibility index (Phi) is 3.43. The smallest absolute Gasteiger partial charge is 0.274 e. The summed E-state index contributed by atoms with van der Waals surface area (Å²) in [4.78, 5) is 17.9. The van der Waals surface area contributed by atoms with Crippen molar-refractivity contribution >= 4 is 49.3 Å². The van der Waals surface area contributed by atoms with Gasteiger partial charge >= 0.3 is 0 Å². The molecular formula is C17H11BrN2O2S. The lowest BCUT2D eigenvalue weighted by molar-refractivity contribution is 0.412. The van der Waals surface area contributed by atoms with E-state index < -0.39 is 0 Å². The van der Waals surface area contributed by atoms with E-state index in [4.69, 9.17) is 4.74 Å². The van der Waals surface area contributed by atoms with Gasteiger partial charge in [-0.05, 0) is 51.8 Å². The molecule has 4 aromatic rings. The molecule has 2 heterocycles. The number of halogens is 1. The first-order valence-corrected chi connectivity index (χ1v) is 8.53. The van der Waals surface area contributed by atoms with Crippen molar-refractivity contribution in [2.75, 3.05) is 7.11 Å². The number of imidazole rings is 1. The molecule has 0 unspecified atom stereocenters. The van der Waals surface area contributed by atoms with E-state index >= 15 is 0 Å². The number of ether oxygens (including phenoxy) is 1. The Bertz CT molecular complexity index is 1150. The fourth-order valence-electron chi connectivity index (χ4n) is 2.54. The fraction of sp³-hybridized carbons (Fsp3) is 0.0588. The molecule has 0 fully saturated rings. The first kappa shape index (κ1) is 14.4. The first-order valence-electron chi connectivity index (χ1n) is 6.92. The third kappa shape index (κ3) is 2.34. The molecule has 0 saturated carbocycles. The van der Waals surface area contributed by atoms with Crippen molar-refractivity contribution in [2.24, 2.45) is 0 Å². The first-order chi connectivity index (χ1) is 11.2. The number of para-hydroxylation sites is 2. The molecule has 0 amide bonds. The monoisotopic (exact) mass is 386 g/mol. The molecule has 2 aromatic carbocycles. The van der Waals surface area contributed by atoms with Gasteiger partial charge in [0.2, 0.25) is 0 Å². The van der Waals surface area contributed by atoms with E-state index in [1.165, 1.54) is 11.3 Å². The lowest BCUT2D eigenvalue weighted by atomic mass is 10.2. The second-order valence-corrected chi connectivity index (χ2v) is 6.89. The molecule has 6 heteroatoms. The summed E-state index contributed by atoms with van der Waals surface area (Å²) in [5, 5.41) is 0. The van der Waals surface area contributed by atoms with E-state index in [0.717, 1.165) is 31.8 Å². The zero-order chi connectivity index (χ0) is 16.0. The van der Waals surface area contributed by atoms with Crippen molar-refractivity contribution in [2.45, 2.75) is 0 Å². The van der Waals surface area contributed by atoms with Gasteiger partial charge in [-0.15, -0.1) is 0 Å². The summed E-state index contributed by atoms with van der Waals surface area (Å²) in [5.74, 6) is 0.761. The zero-order valence-electron chi connectivity index (χ0n) is 12.1. The summed E-state index contributed by atoms with van der Waals surface area (Å²) in [5.41, 5.74) is 2.59. The van der Waals surface area contributed by atoms with Crippen LogP contribution in [-0.2, 0) is 0 Å². The number of fused-ring (bicyclic) bond motifs is 3. The quantitative estimate of drug-likeness (QED) is 0.531. The predicted octanol–water partition coefficient (Wildman–Crippen LogP) is 3.23. The summed E-state index contributed by atoms with van der Waals surface area (Å²) >= 11 is 4.86. The second kappa shape index (κ2) is 5.47. The fourth-order valence-corrected chi connectivity index (χ4v) is 4.08. The normalized spacial score (nSPS) is 12.3. The average Bonchev–Trinajstić information content (AvgIpc) is 3.05. The summed E-state index contributed by atoms with van der Waals surface area (Å²) < 4.78 is 8.41. The van der Waals surface area contributed by atoms with Crippen LogP contribution in [0.2, 0.25) is 0 Å². The highest BCUT2D eigenvalue weighted by atomic mass is 79.9. The minimum absolute atomic E-state index is 0.0364. The third-order valence-electron chi connectivity index (χ3n) is 3.62. The maximum Gasteiger partial charge on any atom is 0.274 e. The molecule has 0 saturated heterocycles. The van der Waals surface area contributed by atoms with Crippen LogP contribution in [0.1, 0.15) is 5.56 Å². The minimum Gasteiger partial charge on any atom is -0.496 e. The third-order valence-corrected chi connectivity index (χ3v) is 5.21. The van der Waals surface area contributed by atoms with Gasteiger partial charge in [-0.1, -0.05) is 29.5 Å². The van der Waals surface area contributed by atoms with Crippen LogP contribution in [0.15, 0.2) is 51.7 Å². The lowest BCUT2D eigenvalue weighted by Gasteiger charge is -2.02. The number of rotatable bonds is 2. The van der Waals surface area contributed by atoms with Crippen LogP contribution in [0.5, 0.6) is 5.75 Å². The van der Waals surface area contributed by atoms with E-state index in [9.17, 15) is 4.79 Å². The van der Waals surface area contributed by atoms with Gasteiger partial charge in [0, 0.05) is 0 Å². The van der Waals surface area contributed by atoms with E-state index in [-0.39, 0.29) is 5.56 Å². The van der Waals surface area contributed by atoms with Crippen molar-refractivity contribution in [3.8, 4) is 5.75 Å². The Hall–Kier alpha value is -2.18. The van der Waals surface area contributed by atoms with Gasteiger partial charge < -0.3 is 4.74 Å². The van der Waals surface area contributed by atoms with Crippen LogP contribution in [0.4, 0.5) is 0 Å². The Balaban J connectivity index is 1.94. The summed E-state index contributed by atoms with van der Waals surface area (Å²) in [7, 11) is 1.62. The van der Waals surface area contributed by atoms with Crippen molar-refractivity contribution < 1.29 is 4.74 Å². The largest absolute Gasteiger partial charge is 0.496 e. The molecular weight excluding hydrogens is 376 g/mol. The lowest BCUT2D eigenvalue weighted by Crippen LogP contribution is -2.22. The van der Waals surface area contributed by atoms with Gasteiger partial charge in [-0.3, -0.25) is 4.79 Å². The number of nitrogens with zero attached hydrogens (tertiary/aromatic N) is 2. The number of methoxy groups -OCH3 is 1. The number of benzene rings is 2.